The third-order valence-corrected chi connectivity index (χ3v) is 3.45. The van der Waals surface area contributed by atoms with Gasteiger partial charge in [-0.15, -0.1) is 0 Å². The fourth-order valence-corrected chi connectivity index (χ4v) is 1.87. The molecule has 0 aliphatic heterocycles. The summed E-state index contributed by atoms with van der Waals surface area (Å²) in [5, 5.41) is 11.9. The standard InChI is InChI=1S/C15H22N2O3/c1-9(8-16)4-5-14(18)17-12-6-10(2)11(3)13(7-12)15(19)20/h6-7,9H,4-5,8,16H2,1-3H3,(H,17,18)(H,19,20). The van der Waals surface area contributed by atoms with Crippen LogP contribution in [0.5, 0.6) is 0 Å². The van der Waals surface area contributed by atoms with Gasteiger partial charge in [-0.25, -0.2) is 4.79 Å². The minimum Gasteiger partial charge on any atom is -0.478 e. The summed E-state index contributed by atoms with van der Waals surface area (Å²) >= 11 is 0. The molecule has 4 N–H and O–H groups in total. The maximum absolute atomic E-state index is 11.8. The van der Waals surface area contributed by atoms with Gasteiger partial charge >= 0.3 is 5.97 Å². The first-order valence-electron chi connectivity index (χ1n) is 6.69. The minimum absolute atomic E-state index is 0.120. The average Bonchev–Trinajstić information content (AvgIpc) is 2.39. The topological polar surface area (TPSA) is 92.4 Å². The number of aromatic carboxylic acids is 1. The number of anilines is 1. The summed E-state index contributed by atoms with van der Waals surface area (Å²) in [7, 11) is 0. The number of hydrogen-bond acceptors (Lipinski definition) is 3. The Balaban J connectivity index is 2.78. The molecule has 20 heavy (non-hydrogen) atoms. The van der Waals surface area contributed by atoms with Crippen LogP contribution in [0.3, 0.4) is 0 Å². The largest absolute Gasteiger partial charge is 0.478 e. The summed E-state index contributed by atoms with van der Waals surface area (Å²) in [6.45, 7) is 6.13. The zero-order valence-electron chi connectivity index (χ0n) is 12.2. The Morgan fingerprint density at radius 1 is 1.35 bits per heavy atom. The lowest BCUT2D eigenvalue weighted by Gasteiger charge is -2.12. The van der Waals surface area contributed by atoms with Gasteiger partial charge in [0.15, 0.2) is 0 Å². The van der Waals surface area contributed by atoms with Crippen LogP contribution in [0.4, 0.5) is 5.69 Å². The highest BCUT2D eigenvalue weighted by molar-refractivity contribution is 5.95. The third kappa shape index (κ3) is 4.35. The first kappa shape index (κ1) is 16.2. The van der Waals surface area contributed by atoms with Crippen LogP contribution < -0.4 is 11.1 Å². The van der Waals surface area contributed by atoms with Gasteiger partial charge in [0, 0.05) is 12.1 Å². The van der Waals surface area contributed by atoms with Crippen LogP contribution in [-0.4, -0.2) is 23.5 Å². The molecule has 1 aromatic rings. The zero-order chi connectivity index (χ0) is 15.3. The van der Waals surface area contributed by atoms with E-state index in [0.717, 1.165) is 12.0 Å². The number of carbonyl (C=O) groups is 2. The van der Waals surface area contributed by atoms with Crippen molar-refractivity contribution in [3.63, 3.8) is 0 Å². The summed E-state index contributed by atoms with van der Waals surface area (Å²) in [4.78, 5) is 23.0. The monoisotopic (exact) mass is 278 g/mol. The maximum atomic E-state index is 11.8. The Bertz CT molecular complexity index is 512. The van der Waals surface area contributed by atoms with Crippen molar-refractivity contribution >= 4 is 17.6 Å². The highest BCUT2D eigenvalue weighted by Crippen LogP contribution is 2.20. The van der Waals surface area contributed by atoms with E-state index in [4.69, 9.17) is 10.8 Å². The van der Waals surface area contributed by atoms with E-state index < -0.39 is 5.97 Å². The quantitative estimate of drug-likeness (QED) is 0.744. The van der Waals surface area contributed by atoms with E-state index in [1.165, 1.54) is 6.07 Å². The van der Waals surface area contributed by atoms with Crippen LogP contribution >= 0.6 is 0 Å². The zero-order valence-corrected chi connectivity index (χ0v) is 12.2. The molecule has 0 saturated carbocycles. The van der Waals surface area contributed by atoms with Gasteiger partial charge in [0.25, 0.3) is 0 Å². The summed E-state index contributed by atoms with van der Waals surface area (Å²) in [5.74, 6) is -0.807. The maximum Gasteiger partial charge on any atom is 0.336 e. The van der Waals surface area contributed by atoms with Crippen molar-refractivity contribution in [2.45, 2.75) is 33.6 Å². The molecule has 0 bridgehead atoms. The van der Waals surface area contributed by atoms with Crippen molar-refractivity contribution in [3.8, 4) is 0 Å². The van der Waals surface area contributed by atoms with E-state index in [0.29, 0.717) is 30.1 Å². The minimum atomic E-state index is -0.988. The van der Waals surface area contributed by atoms with E-state index in [-0.39, 0.29) is 11.5 Å². The summed E-state index contributed by atoms with van der Waals surface area (Å²) in [6, 6.07) is 3.28. The summed E-state index contributed by atoms with van der Waals surface area (Å²) < 4.78 is 0. The van der Waals surface area contributed by atoms with Gasteiger partial charge in [0.05, 0.1) is 5.56 Å². The first-order chi connectivity index (χ1) is 9.35. The number of hydrogen-bond donors (Lipinski definition) is 3. The predicted octanol–water partition coefficient (Wildman–Crippen LogP) is 2.32. The van der Waals surface area contributed by atoms with Crippen molar-refractivity contribution in [1.29, 1.82) is 0 Å². The Morgan fingerprint density at radius 3 is 2.55 bits per heavy atom. The van der Waals surface area contributed by atoms with Crippen molar-refractivity contribution in [2.75, 3.05) is 11.9 Å². The summed E-state index contributed by atoms with van der Waals surface area (Å²) in [5.41, 5.74) is 7.80. The molecule has 1 unspecified atom stereocenters. The van der Waals surface area contributed by atoms with Gasteiger partial charge in [-0.1, -0.05) is 6.92 Å². The number of benzene rings is 1. The SMILES string of the molecule is Cc1cc(NC(=O)CCC(C)CN)cc(C(=O)O)c1C. The molecule has 0 aliphatic carbocycles. The number of nitrogens with two attached hydrogens (primary N) is 1. The normalized spacial score (nSPS) is 12.0. The molecule has 0 heterocycles. The Hall–Kier alpha value is -1.88. The smallest absolute Gasteiger partial charge is 0.336 e. The fourth-order valence-electron chi connectivity index (χ4n) is 1.87. The molecule has 5 nitrogen and oxygen atoms in total. The van der Waals surface area contributed by atoms with Crippen LogP contribution in [0.1, 0.15) is 41.3 Å². The summed E-state index contributed by atoms with van der Waals surface area (Å²) in [6.07, 6.45) is 1.10. The van der Waals surface area contributed by atoms with Crippen LogP contribution in [0.2, 0.25) is 0 Å². The second-order valence-electron chi connectivity index (χ2n) is 5.20. The molecule has 1 rings (SSSR count). The average molecular weight is 278 g/mol. The van der Waals surface area contributed by atoms with Crippen molar-refractivity contribution in [1.82, 2.24) is 0 Å². The van der Waals surface area contributed by atoms with Gasteiger partial charge < -0.3 is 16.2 Å². The Kier molecular flexibility index (Phi) is 5.70. The number of carboxylic acid groups (broad SMARTS) is 1. The molecular formula is C15H22N2O3. The van der Waals surface area contributed by atoms with Gasteiger partial charge in [0.2, 0.25) is 5.91 Å². The molecular weight excluding hydrogens is 256 g/mol. The molecule has 0 spiro atoms. The molecule has 0 radical (unpaired) electrons. The molecule has 1 atom stereocenters. The van der Waals surface area contributed by atoms with Crippen molar-refractivity contribution in [3.05, 3.63) is 28.8 Å². The number of aryl methyl sites for hydroxylation is 1. The van der Waals surface area contributed by atoms with E-state index in [9.17, 15) is 9.59 Å². The van der Waals surface area contributed by atoms with Crippen molar-refractivity contribution < 1.29 is 14.7 Å². The number of nitrogens with one attached hydrogen (secondary N) is 1. The van der Waals surface area contributed by atoms with Crippen molar-refractivity contribution in [2.24, 2.45) is 11.7 Å². The second-order valence-corrected chi connectivity index (χ2v) is 5.20. The Morgan fingerprint density at radius 2 is 2.00 bits per heavy atom. The molecule has 0 fully saturated rings. The van der Waals surface area contributed by atoms with Gasteiger partial charge in [-0.2, -0.15) is 0 Å². The Labute approximate surface area is 119 Å². The van der Waals surface area contributed by atoms with E-state index in [1.807, 2.05) is 13.8 Å². The molecule has 5 heteroatoms. The number of amides is 1. The van der Waals surface area contributed by atoms with Gasteiger partial charge in [-0.3, -0.25) is 4.79 Å². The lowest BCUT2D eigenvalue weighted by molar-refractivity contribution is -0.116. The fraction of sp³-hybridized carbons (Fsp3) is 0.467. The van der Waals surface area contributed by atoms with Crippen LogP contribution in [0.15, 0.2) is 12.1 Å². The van der Waals surface area contributed by atoms with E-state index in [2.05, 4.69) is 5.32 Å². The van der Waals surface area contributed by atoms with E-state index in [1.54, 1.807) is 13.0 Å². The lowest BCUT2D eigenvalue weighted by atomic mass is 10.0. The van der Waals surface area contributed by atoms with Crippen LogP contribution in [0, 0.1) is 19.8 Å². The number of rotatable bonds is 6. The molecule has 1 amide bonds. The van der Waals surface area contributed by atoms with Crippen LogP contribution in [-0.2, 0) is 4.79 Å². The molecule has 110 valence electrons. The molecule has 0 saturated heterocycles. The first-order valence-corrected chi connectivity index (χ1v) is 6.69. The molecule has 0 aliphatic rings. The van der Waals surface area contributed by atoms with Crippen LogP contribution in [0.25, 0.3) is 0 Å². The highest BCUT2D eigenvalue weighted by atomic mass is 16.4. The van der Waals surface area contributed by atoms with E-state index >= 15 is 0 Å². The number of carbonyl (C=O) groups excluding carboxylic acids is 1. The third-order valence-electron chi connectivity index (χ3n) is 3.45. The molecule has 0 aromatic heterocycles. The number of carboxylic acids is 1. The van der Waals surface area contributed by atoms with Gasteiger partial charge in [-0.05, 0) is 56.0 Å². The lowest BCUT2D eigenvalue weighted by Crippen LogP contribution is -2.17. The molecule has 1 aromatic carbocycles. The highest BCUT2D eigenvalue weighted by Gasteiger charge is 2.12. The van der Waals surface area contributed by atoms with Gasteiger partial charge in [0.1, 0.15) is 0 Å². The predicted molar refractivity (Wildman–Crippen MR) is 79.0 cm³/mol. The second kappa shape index (κ2) is 7.05.